The number of aryl methyl sites for hydroxylation is 1. The van der Waals surface area contributed by atoms with Crippen LogP contribution in [0.3, 0.4) is 0 Å². The summed E-state index contributed by atoms with van der Waals surface area (Å²) in [5, 5.41) is 4.47. The van der Waals surface area contributed by atoms with Gasteiger partial charge in [-0.15, -0.1) is 5.53 Å². The van der Waals surface area contributed by atoms with Crippen molar-refractivity contribution >= 4 is 17.6 Å². The number of nitrogens with one attached hydrogen (secondary N) is 3. The summed E-state index contributed by atoms with van der Waals surface area (Å²) in [6.07, 6.45) is 0. The highest BCUT2D eigenvalue weighted by atomic mass is 16.5. The Hall–Kier alpha value is -2.58. The van der Waals surface area contributed by atoms with Gasteiger partial charge in [-0.3, -0.25) is 15.2 Å². The van der Waals surface area contributed by atoms with Crippen LogP contribution in [0.4, 0.5) is 5.69 Å². The van der Waals surface area contributed by atoms with E-state index in [0.29, 0.717) is 25.4 Å². The van der Waals surface area contributed by atoms with Gasteiger partial charge in [-0.05, 0) is 26.0 Å². The van der Waals surface area contributed by atoms with E-state index in [2.05, 4.69) is 23.2 Å². The van der Waals surface area contributed by atoms with Crippen LogP contribution < -0.4 is 16.3 Å². The molecule has 1 fully saturated rings. The fourth-order valence-electron chi connectivity index (χ4n) is 2.83. The molecule has 2 aliphatic rings. The average molecular weight is 360 g/mol. The molecule has 0 aromatic heterocycles. The van der Waals surface area contributed by atoms with Gasteiger partial charge in [0, 0.05) is 17.6 Å². The largest absolute Gasteiger partial charge is 0.461 e. The normalized spacial score (nSPS) is 18.2. The number of carbonyl (C=O) groups is 2. The van der Waals surface area contributed by atoms with E-state index in [9.17, 15) is 9.59 Å². The van der Waals surface area contributed by atoms with Crippen molar-refractivity contribution in [2.24, 2.45) is 5.41 Å². The third kappa shape index (κ3) is 3.81. The fourth-order valence-corrected chi connectivity index (χ4v) is 2.83. The number of esters is 1. The number of ether oxygens (including phenoxy) is 2. The van der Waals surface area contributed by atoms with Crippen molar-refractivity contribution in [3.8, 4) is 0 Å². The Morgan fingerprint density at radius 2 is 2.00 bits per heavy atom. The van der Waals surface area contributed by atoms with E-state index in [1.807, 2.05) is 31.2 Å². The van der Waals surface area contributed by atoms with Gasteiger partial charge in [0.25, 0.3) is 5.91 Å². The first-order valence-electron chi connectivity index (χ1n) is 8.58. The maximum Gasteiger partial charge on any atom is 0.358 e. The Bertz CT molecular complexity index is 725. The van der Waals surface area contributed by atoms with Crippen molar-refractivity contribution in [2.75, 3.05) is 31.7 Å². The van der Waals surface area contributed by atoms with Crippen molar-refractivity contribution in [2.45, 2.75) is 20.8 Å². The van der Waals surface area contributed by atoms with Gasteiger partial charge in [-0.25, -0.2) is 4.79 Å². The Kier molecular flexibility index (Phi) is 5.15. The van der Waals surface area contributed by atoms with Crippen LogP contribution in [0, 0.1) is 12.3 Å². The van der Waals surface area contributed by atoms with Gasteiger partial charge in [0.1, 0.15) is 0 Å². The fraction of sp³-hybridized carbons (Fsp3) is 0.444. The zero-order chi connectivity index (χ0) is 18.7. The molecule has 1 saturated heterocycles. The number of rotatable bonds is 6. The van der Waals surface area contributed by atoms with Gasteiger partial charge in [-0.2, -0.15) is 0 Å². The number of hydrogen-bond acceptors (Lipinski definition) is 7. The molecule has 3 N–H and O–H groups in total. The summed E-state index contributed by atoms with van der Waals surface area (Å²) in [4.78, 5) is 25.1. The quantitative estimate of drug-likeness (QED) is 0.654. The monoisotopic (exact) mass is 360 g/mol. The molecule has 0 spiro atoms. The summed E-state index contributed by atoms with van der Waals surface area (Å²) >= 11 is 0. The van der Waals surface area contributed by atoms with Crippen LogP contribution in [0.1, 0.15) is 19.4 Å². The molecule has 0 unspecified atom stereocenters. The molecule has 26 heavy (non-hydrogen) atoms. The molecule has 0 atom stereocenters. The first-order valence-corrected chi connectivity index (χ1v) is 8.58. The number of hydrogen-bond donors (Lipinski definition) is 3. The minimum Gasteiger partial charge on any atom is -0.461 e. The molecule has 1 aromatic carbocycles. The Balaban J connectivity index is 1.83. The minimum absolute atomic E-state index is 0.0891. The van der Waals surface area contributed by atoms with E-state index >= 15 is 0 Å². The summed E-state index contributed by atoms with van der Waals surface area (Å²) in [6.45, 7) is 7.70. The zero-order valence-electron chi connectivity index (χ0n) is 15.2. The molecule has 2 heterocycles. The lowest BCUT2D eigenvalue weighted by molar-refractivity contribution is -0.139. The lowest BCUT2D eigenvalue weighted by Gasteiger charge is -2.41. The van der Waals surface area contributed by atoms with Crippen LogP contribution in [0.5, 0.6) is 0 Å². The summed E-state index contributed by atoms with van der Waals surface area (Å²) in [5.41, 5.74) is 7.62. The third-order valence-electron chi connectivity index (χ3n) is 4.27. The number of carbonyl (C=O) groups excluding carboxylic acids is 2. The van der Waals surface area contributed by atoms with Crippen molar-refractivity contribution in [1.29, 1.82) is 0 Å². The molecule has 2 aliphatic heterocycles. The summed E-state index contributed by atoms with van der Waals surface area (Å²) in [6, 6.07) is 7.45. The summed E-state index contributed by atoms with van der Waals surface area (Å²) in [7, 11) is 0. The predicted molar refractivity (Wildman–Crippen MR) is 95.4 cm³/mol. The van der Waals surface area contributed by atoms with E-state index in [4.69, 9.17) is 9.47 Å². The molecule has 1 aromatic rings. The van der Waals surface area contributed by atoms with Crippen LogP contribution in [0.2, 0.25) is 0 Å². The van der Waals surface area contributed by atoms with E-state index in [0.717, 1.165) is 5.56 Å². The van der Waals surface area contributed by atoms with Crippen molar-refractivity contribution in [3.63, 3.8) is 0 Å². The molecular weight excluding hydrogens is 336 g/mol. The van der Waals surface area contributed by atoms with Crippen molar-refractivity contribution < 1.29 is 19.1 Å². The van der Waals surface area contributed by atoms with Crippen molar-refractivity contribution in [1.82, 2.24) is 16.0 Å². The standard InChI is InChI=1S/C18H24N4O4/c1-4-26-17(24)14-15(16(23)19-13-7-5-12(2)6-8-13)22(21-20-14)9-18(3)10-25-11-18/h5-8,20-21H,4,9-11H2,1-3H3,(H,19,23). The predicted octanol–water partition coefficient (Wildman–Crippen LogP) is 1.07. The first kappa shape index (κ1) is 18.2. The highest BCUT2D eigenvalue weighted by molar-refractivity contribution is 6.08. The number of amides is 1. The molecule has 0 bridgehead atoms. The third-order valence-corrected chi connectivity index (χ3v) is 4.27. The second-order valence-corrected chi connectivity index (χ2v) is 6.89. The minimum atomic E-state index is -0.577. The summed E-state index contributed by atoms with van der Waals surface area (Å²) in [5.74, 6) is -0.968. The van der Waals surface area contributed by atoms with E-state index < -0.39 is 11.9 Å². The first-order chi connectivity index (χ1) is 12.4. The Labute approximate surface area is 152 Å². The summed E-state index contributed by atoms with van der Waals surface area (Å²) < 4.78 is 10.3. The molecule has 0 aliphatic carbocycles. The van der Waals surface area contributed by atoms with Gasteiger partial charge in [0.15, 0.2) is 11.4 Å². The molecule has 140 valence electrons. The molecule has 1 amide bonds. The SMILES string of the molecule is CCOC(=O)C1=C(C(=O)Nc2ccc(C)cc2)N(CC2(C)COC2)NN1. The number of nitrogens with zero attached hydrogens (tertiary/aromatic N) is 1. The zero-order valence-corrected chi connectivity index (χ0v) is 15.2. The highest BCUT2D eigenvalue weighted by Gasteiger charge is 2.40. The van der Waals surface area contributed by atoms with Crippen LogP contribution in [-0.4, -0.2) is 43.3 Å². The van der Waals surface area contributed by atoms with E-state index in [1.54, 1.807) is 11.9 Å². The average Bonchev–Trinajstić information content (AvgIpc) is 2.99. The number of hydrazine groups is 2. The Morgan fingerprint density at radius 1 is 1.31 bits per heavy atom. The molecule has 8 heteroatoms. The molecule has 0 radical (unpaired) electrons. The Morgan fingerprint density at radius 3 is 2.58 bits per heavy atom. The number of anilines is 1. The van der Waals surface area contributed by atoms with Crippen LogP contribution >= 0.6 is 0 Å². The van der Waals surface area contributed by atoms with E-state index in [1.165, 1.54) is 0 Å². The van der Waals surface area contributed by atoms with Crippen LogP contribution in [-0.2, 0) is 19.1 Å². The van der Waals surface area contributed by atoms with Crippen molar-refractivity contribution in [3.05, 3.63) is 41.2 Å². The molecule has 3 rings (SSSR count). The van der Waals surface area contributed by atoms with Gasteiger partial charge < -0.3 is 14.8 Å². The highest BCUT2D eigenvalue weighted by Crippen LogP contribution is 2.30. The van der Waals surface area contributed by atoms with Gasteiger partial charge in [0.05, 0.1) is 19.8 Å². The smallest absolute Gasteiger partial charge is 0.358 e. The topological polar surface area (TPSA) is 91.9 Å². The molecule has 8 nitrogen and oxygen atoms in total. The van der Waals surface area contributed by atoms with Gasteiger partial charge >= 0.3 is 5.97 Å². The van der Waals surface area contributed by atoms with Crippen LogP contribution in [0.25, 0.3) is 0 Å². The van der Waals surface area contributed by atoms with E-state index in [-0.39, 0.29) is 23.4 Å². The van der Waals surface area contributed by atoms with Gasteiger partial charge in [-0.1, -0.05) is 24.6 Å². The lowest BCUT2D eigenvalue weighted by atomic mass is 9.88. The second-order valence-electron chi connectivity index (χ2n) is 6.89. The second kappa shape index (κ2) is 7.35. The maximum absolute atomic E-state index is 12.9. The van der Waals surface area contributed by atoms with Crippen LogP contribution in [0.15, 0.2) is 35.7 Å². The molecule has 0 saturated carbocycles. The number of benzene rings is 1. The maximum atomic E-state index is 12.9. The molecular formula is C18H24N4O4. The lowest BCUT2D eigenvalue weighted by Crippen LogP contribution is -2.52. The van der Waals surface area contributed by atoms with Gasteiger partial charge in [0.2, 0.25) is 0 Å².